The maximum Gasteiger partial charge on any atom is 0.257 e. The Morgan fingerprint density at radius 1 is 1.13 bits per heavy atom. The van der Waals surface area contributed by atoms with Crippen molar-refractivity contribution in [1.29, 1.82) is 0 Å². The van der Waals surface area contributed by atoms with Gasteiger partial charge in [0.2, 0.25) is 11.8 Å². The molecule has 0 unspecified atom stereocenters. The van der Waals surface area contributed by atoms with Crippen LogP contribution in [0.4, 0.5) is 0 Å². The van der Waals surface area contributed by atoms with Crippen LogP contribution in [-0.2, 0) is 9.59 Å². The second-order valence-electron chi connectivity index (χ2n) is 6.62. The van der Waals surface area contributed by atoms with Gasteiger partial charge in [0, 0.05) is 31.6 Å². The molecule has 1 aromatic heterocycles. The van der Waals surface area contributed by atoms with E-state index in [1.165, 1.54) is 12.5 Å². The van der Waals surface area contributed by atoms with Crippen LogP contribution < -0.4 is 5.32 Å². The Balaban J connectivity index is 1.79. The number of amides is 3. The van der Waals surface area contributed by atoms with Crippen molar-refractivity contribution in [3.8, 4) is 0 Å². The summed E-state index contributed by atoms with van der Waals surface area (Å²) in [7, 11) is 0. The first-order valence-electron chi connectivity index (χ1n) is 7.66. The van der Waals surface area contributed by atoms with Gasteiger partial charge < -0.3 is 19.5 Å². The number of piperazine rings is 1. The van der Waals surface area contributed by atoms with E-state index in [2.05, 4.69) is 5.32 Å². The molecule has 1 N–H and O–H groups in total. The van der Waals surface area contributed by atoms with Gasteiger partial charge in [0.25, 0.3) is 5.91 Å². The van der Waals surface area contributed by atoms with Crippen LogP contribution in [0.3, 0.4) is 0 Å². The fourth-order valence-corrected chi connectivity index (χ4v) is 2.26. The minimum atomic E-state index is -0.518. The smallest absolute Gasteiger partial charge is 0.257 e. The van der Waals surface area contributed by atoms with Crippen LogP contribution in [0.5, 0.6) is 0 Å². The zero-order valence-corrected chi connectivity index (χ0v) is 13.8. The third-order valence-corrected chi connectivity index (χ3v) is 3.77. The van der Waals surface area contributed by atoms with Gasteiger partial charge >= 0.3 is 0 Å². The molecule has 3 amide bonds. The maximum atomic E-state index is 12.2. The summed E-state index contributed by atoms with van der Waals surface area (Å²) in [6.45, 7) is 7.27. The summed E-state index contributed by atoms with van der Waals surface area (Å²) in [4.78, 5) is 39.4. The van der Waals surface area contributed by atoms with Gasteiger partial charge in [-0.1, -0.05) is 20.8 Å². The molecular formula is C16H23N3O4. The highest BCUT2D eigenvalue weighted by Crippen LogP contribution is 2.12. The van der Waals surface area contributed by atoms with Gasteiger partial charge in [-0.25, -0.2) is 0 Å². The molecule has 7 nitrogen and oxygen atoms in total. The third kappa shape index (κ3) is 4.34. The molecule has 1 aliphatic heterocycles. The highest BCUT2D eigenvalue weighted by molar-refractivity contribution is 5.94. The monoisotopic (exact) mass is 321 g/mol. The molecular weight excluding hydrogens is 298 g/mol. The largest absolute Gasteiger partial charge is 0.472 e. The van der Waals surface area contributed by atoms with E-state index in [0.717, 1.165) is 0 Å². The number of hydrogen-bond donors (Lipinski definition) is 1. The minimum Gasteiger partial charge on any atom is -0.472 e. The van der Waals surface area contributed by atoms with E-state index in [4.69, 9.17) is 4.42 Å². The molecule has 126 valence electrons. The number of nitrogens with zero attached hydrogens (tertiary/aromatic N) is 2. The van der Waals surface area contributed by atoms with E-state index >= 15 is 0 Å². The van der Waals surface area contributed by atoms with E-state index in [-0.39, 0.29) is 24.3 Å². The van der Waals surface area contributed by atoms with Crippen molar-refractivity contribution >= 4 is 17.7 Å². The van der Waals surface area contributed by atoms with Gasteiger partial charge in [-0.05, 0) is 6.07 Å². The number of rotatable bonds is 3. The van der Waals surface area contributed by atoms with Crippen molar-refractivity contribution in [3.05, 3.63) is 24.2 Å². The first-order chi connectivity index (χ1) is 10.8. The molecule has 2 rings (SSSR count). The van der Waals surface area contributed by atoms with Crippen molar-refractivity contribution in [2.45, 2.75) is 20.8 Å². The molecule has 0 spiro atoms. The Hall–Kier alpha value is -2.31. The Labute approximate surface area is 135 Å². The van der Waals surface area contributed by atoms with E-state index in [1.807, 2.05) is 0 Å². The van der Waals surface area contributed by atoms with E-state index < -0.39 is 5.41 Å². The molecule has 0 saturated carbocycles. The molecule has 0 bridgehead atoms. The summed E-state index contributed by atoms with van der Waals surface area (Å²) in [6, 6.07) is 1.63. The van der Waals surface area contributed by atoms with Gasteiger partial charge in [0.15, 0.2) is 0 Å². The molecule has 0 radical (unpaired) electrons. The van der Waals surface area contributed by atoms with Crippen molar-refractivity contribution in [2.75, 3.05) is 32.7 Å². The number of furan rings is 1. The predicted molar refractivity (Wildman–Crippen MR) is 83.7 cm³/mol. The lowest BCUT2D eigenvalue weighted by Gasteiger charge is -2.34. The quantitative estimate of drug-likeness (QED) is 0.889. The molecule has 0 aliphatic carbocycles. The predicted octanol–water partition coefficient (Wildman–Crippen LogP) is 0.726. The van der Waals surface area contributed by atoms with Crippen molar-refractivity contribution in [3.63, 3.8) is 0 Å². The lowest BCUT2D eigenvalue weighted by atomic mass is 9.96. The number of carbonyl (C=O) groups is 3. The standard InChI is InChI=1S/C16H23N3O4/c1-16(2,3)15(22)17-10-13(20)18-5-7-19(8-6-18)14(21)12-4-9-23-11-12/h4,9,11H,5-8,10H2,1-3H3,(H,17,22). The Morgan fingerprint density at radius 3 is 2.26 bits per heavy atom. The van der Waals surface area contributed by atoms with E-state index in [0.29, 0.717) is 31.7 Å². The van der Waals surface area contributed by atoms with E-state index in [9.17, 15) is 14.4 Å². The van der Waals surface area contributed by atoms with Gasteiger partial charge in [0.05, 0.1) is 18.4 Å². The number of nitrogens with one attached hydrogen (secondary N) is 1. The molecule has 2 heterocycles. The molecule has 0 aromatic carbocycles. The zero-order valence-electron chi connectivity index (χ0n) is 13.8. The van der Waals surface area contributed by atoms with Crippen LogP contribution in [-0.4, -0.2) is 60.2 Å². The average molecular weight is 321 g/mol. The minimum absolute atomic E-state index is 0.00815. The second kappa shape index (κ2) is 6.85. The number of carbonyl (C=O) groups excluding carboxylic acids is 3. The zero-order chi connectivity index (χ0) is 17.0. The van der Waals surface area contributed by atoms with Crippen LogP contribution in [0.25, 0.3) is 0 Å². The average Bonchev–Trinajstić information content (AvgIpc) is 3.05. The van der Waals surface area contributed by atoms with Gasteiger partial charge in [-0.3, -0.25) is 14.4 Å². The fourth-order valence-electron chi connectivity index (χ4n) is 2.26. The topological polar surface area (TPSA) is 82.9 Å². The van der Waals surface area contributed by atoms with Crippen LogP contribution >= 0.6 is 0 Å². The lowest BCUT2D eigenvalue weighted by molar-refractivity contribution is -0.136. The summed E-state index contributed by atoms with van der Waals surface area (Å²) in [5.74, 6) is -0.371. The van der Waals surface area contributed by atoms with Crippen LogP contribution in [0.15, 0.2) is 23.0 Å². The van der Waals surface area contributed by atoms with Gasteiger partial charge in [-0.2, -0.15) is 0 Å². The second-order valence-corrected chi connectivity index (χ2v) is 6.62. The Bertz CT molecular complexity index is 567. The summed E-state index contributed by atoms with van der Waals surface area (Å²) in [5.41, 5.74) is -0.00192. The maximum absolute atomic E-state index is 12.2. The number of hydrogen-bond acceptors (Lipinski definition) is 4. The van der Waals surface area contributed by atoms with Gasteiger partial charge in [-0.15, -0.1) is 0 Å². The molecule has 7 heteroatoms. The molecule has 1 aliphatic rings. The summed E-state index contributed by atoms with van der Waals surface area (Å²) in [5, 5.41) is 2.65. The van der Waals surface area contributed by atoms with Crippen molar-refractivity contribution in [1.82, 2.24) is 15.1 Å². The van der Waals surface area contributed by atoms with Gasteiger partial charge in [0.1, 0.15) is 6.26 Å². The molecule has 23 heavy (non-hydrogen) atoms. The summed E-state index contributed by atoms with van der Waals surface area (Å²) in [6.07, 6.45) is 2.88. The molecule has 1 fully saturated rings. The SMILES string of the molecule is CC(C)(C)C(=O)NCC(=O)N1CCN(C(=O)c2ccoc2)CC1. The molecule has 1 aromatic rings. The van der Waals surface area contributed by atoms with Crippen LogP contribution in [0.2, 0.25) is 0 Å². The molecule has 1 saturated heterocycles. The van der Waals surface area contributed by atoms with Crippen LogP contribution in [0, 0.1) is 5.41 Å². The van der Waals surface area contributed by atoms with Crippen molar-refractivity contribution in [2.24, 2.45) is 5.41 Å². The van der Waals surface area contributed by atoms with Crippen molar-refractivity contribution < 1.29 is 18.8 Å². The summed E-state index contributed by atoms with van der Waals surface area (Å²) >= 11 is 0. The Kier molecular flexibility index (Phi) is 5.08. The first kappa shape index (κ1) is 17.1. The fraction of sp³-hybridized carbons (Fsp3) is 0.562. The third-order valence-electron chi connectivity index (χ3n) is 3.77. The highest BCUT2D eigenvalue weighted by atomic mass is 16.3. The normalized spacial score (nSPS) is 15.4. The first-order valence-corrected chi connectivity index (χ1v) is 7.66. The summed E-state index contributed by atoms with van der Waals surface area (Å²) < 4.78 is 4.92. The highest BCUT2D eigenvalue weighted by Gasteiger charge is 2.26. The lowest BCUT2D eigenvalue weighted by Crippen LogP contribution is -2.53. The van der Waals surface area contributed by atoms with Crippen LogP contribution in [0.1, 0.15) is 31.1 Å². The molecule has 0 atom stereocenters. The Morgan fingerprint density at radius 2 is 1.74 bits per heavy atom. The van der Waals surface area contributed by atoms with E-state index in [1.54, 1.807) is 36.6 Å².